The number of anilines is 2. The summed E-state index contributed by atoms with van der Waals surface area (Å²) >= 11 is 2.42. The molecule has 9 heteroatoms. The fourth-order valence-corrected chi connectivity index (χ4v) is 4.10. The smallest absolute Gasteiger partial charge is 0.275 e. The summed E-state index contributed by atoms with van der Waals surface area (Å²) in [7, 11) is 0. The fourth-order valence-electron chi connectivity index (χ4n) is 2.48. The minimum Gasteiger partial charge on any atom is -0.366 e. The molecule has 3 amide bonds. The molecule has 0 atom stereocenters. The average molecular weight is 415 g/mol. The molecule has 0 fully saturated rings. The van der Waals surface area contributed by atoms with Crippen molar-refractivity contribution >= 4 is 50.5 Å². The first-order valence-electron chi connectivity index (χ1n) is 8.43. The number of hydrogen-bond acceptors (Lipinski definition) is 6. The molecule has 2 heterocycles. The molecule has 0 bridgehead atoms. The lowest BCUT2D eigenvalue weighted by Crippen LogP contribution is -2.17. The van der Waals surface area contributed by atoms with Gasteiger partial charge in [-0.1, -0.05) is 30.3 Å². The minimum absolute atomic E-state index is 0.157. The number of nitrogens with zero attached hydrogens (tertiary/aromatic N) is 1. The first-order valence-corrected chi connectivity index (χ1v) is 10.1. The van der Waals surface area contributed by atoms with Crippen LogP contribution in [-0.2, 0) is 11.2 Å². The quantitative estimate of drug-likeness (QED) is 0.549. The maximum absolute atomic E-state index is 12.4. The lowest BCUT2D eigenvalue weighted by Gasteiger charge is -2.03. The molecule has 28 heavy (non-hydrogen) atoms. The summed E-state index contributed by atoms with van der Waals surface area (Å²) in [5.41, 5.74) is 6.83. The van der Waals surface area contributed by atoms with Crippen molar-refractivity contribution in [3.63, 3.8) is 0 Å². The van der Waals surface area contributed by atoms with Crippen LogP contribution >= 0.6 is 22.7 Å². The molecule has 0 saturated heterocycles. The highest BCUT2D eigenvalue weighted by Gasteiger charge is 2.18. The Morgan fingerprint density at radius 1 is 1.14 bits per heavy atom. The number of nitrogens with one attached hydrogen (secondary N) is 2. The van der Waals surface area contributed by atoms with E-state index in [9.17, 15) is 14.4 Å². The van der Waals surface area contributed by atoms with E-state index in [4.69, 9.17) is 5.73 Å². The van der Waals surface area contributed by atoms with Crippen molar-refractivity contribution in [2.45, 2.75) is 19.8 Å². The van der Waals surface area contributed by atoms with E-state index in [0.717, 1.165) is 21.8 Å². The number of amides is 3. The van der Waals surface area contributed by atoms with Gasteiger partial charge in [0.25, 0.3) is 11.8 Å². The molecule has 144 valence electrons. The molecule has 0 saturated carbocycles. The third-order valence-electron chi connectivity index (χ3n) is 3.81. The van der Waals surface area contributed by atoms with Gasteiger partial charge in [0.1, 0.15) is 10.7 Å². The fraction of sp³-hybridized carbons (Fsp3) is 0.158. The molecule has 0 radical (unpaired) electrons. The zero-order chi connectivity index (χ0) is 20.1. The monoisotopic (exact) mass is 414 g/mol. The predicted octanol–water partition coefficient (Wildman–Crippen LogP) is 3.44. The van der Waals surface area contributed by atoms with E-state index in [1.54, 1.807) is 11.4 Å². The lowest BCUT2D eigenvalue weighted by atomic mass is 10.1. The van der Waals surface area contributed by atoms with Gasteiger partial charge in [-0.2, -0.15) is 0 Å². The van der Waals surface area contributed by atoms with E-state index in [-0.39, 0.29) is 17.2 Å². The van der Waals surface area contributed by atoms with Gasteiger partial charge in [-0.05, 0) is 25.0 Å². The number of rotatable bonds is 7. The summed E-state index contributed by atoms with van der Waals surface area (Å²) in [4.78, 5) is 40.9. The highest BCUT2D eigenvalue weighted by molar-refractivity contribution is 7.16. The Morgan fingerprint density at radius 2 is 1.89 bits per heavy atom. The summed E-state index contributed by atoms with van der Waals surface area (Å²) in [6.07, 6.45) is 0.945. The molecule has 1 aromatic carbocycles. The Balaban J connectivity index is 1.58. The van der Waals surface area contributed by atoms with Crippen molar-refractivity contribution in [3.8, 4) is 0 Å². The summed E-state index contributed by atoms with van der Waals surface area (Å²) in [6, 6.07) is 11.3. The molecular formula is C19H18N4O3S2. The zero-order valence-corrected chi connectivity index (χ0v) is 16.7. The SMILES string of the molecule is Cc1cc(C(N)=O)c(NC(=O)c2csc(NC(=O)CCc3ccccc3)n2)s1. The predicted molar refractivity (Wildman–Crippen MR) is 111 cm³/mol. The van der Waals surface area contributed by atoms with Crippen LogP contribution in [0.2, 0.25) is 0 Å². The van der Waals surface area contributed by atoms with Gasteiger partial charge in [-0.25, -0.2) is 4.98 Å². The van der Waals surface area contributed by atoms with E-state index < -0.39 is 11.8 Å². The molecule has 0 aliphatic carbocycles. The van der Waals surface area contributed by atoms with Gasteiger partial charge < -0.3 is 16.4 Å². The number of nitrogens with two attached hydrogens (primary N) is 1. The third kappa shape index (κ3) is 5.02. The number of benzene rings is 1. The summed E-state index contributed by atoms with van der Waals surface area (Å²) in [5, 5.41) is 7.64. The molecule has 0 spiro atoms. The number of primary amides is 1. The van der Waals surface area contributed by atoms with Crippen LogP contribution in [-0.4, -0.2) is 22.7 Å². The maximum Gasteiger partial charge on any atom is 0.275 e. The van der Waals surface area contributed by atoms with Crippen LogP contribution in [0.4, 0.5) is 10.1 Å². The largest absolute Gasteiger partial charge is 0.366 e. The highest BCUT2D eigenvalue weighted by Crippen LogP contribution is 2.28. The Morgan fingerprint density at radius 3 is 2.61 bits per heavy atom. The van der Waals surface area contributed by atoms with Gasteiger partial charge in [0.05, 0.1) is 5.56 Å². The van der Waals surface area contributed by atoms with Crippen molar-refractivity contribution < 1.29 is 14.4 Å². The molecule has 3 rings (SSSR count). The van der Waals surface area contributed by atoms with E-state index in [2.05, 4.69) is 15.6 Å². The van der Waals surface area contributed by atoms with Crippen molar-refractivity contribution in [1.82, 2.24) is 4.98 Å². The normalized spacial score (nSPS) is 10.5. The third-order valence-corrected chi connectivity index (χ3v) is 5.54. The number of thiazole rings is 1. The summed E-state index contributed by atoms with van der Waals surface area (Å²) in [6.45, 7) is 1.82. The van der Waals surface area contributed by atoms with Crippen LogP contribution in [0, 0.1) is 6.92 Å². The number of thiophene rings is 1. The first kappa shape index (κ1) is 19.7. The number of hydrogen-bond donors (Lipinski definition) is 3. The number of carbonyl (C=O) groups is 3. The number of aromatic nitrogens is 1. The van der Waals surface area contributed by atoms with Gasteiger partial charge in [-0.3, -0.25) is 14.4 Å². The topological polar surface area (TPSA) is 114 Å². The molecule has 0 aliphatic rings. The van der Waals surface area contributed by atoms with Crippen molar-refractivity contribution in [1.29, 1.82) is 0 Å². The van der Waals surface area contributed by atoms with Crippen LogP contribution in [0.15, 0.2) is 41.8 Å². The molecule has 7 nitrogen and oxygen atoms in total. The second-order valence-electron chi connectivity index (χ2n) is 5.99. The minimum atomic E-state index is -0.607. The Labute approximate surface area is 169 Å². The van der Waals surface area contributed by atoms with Crippen molar-refractivity contribution in [2.24, 2.45) is 5.73 Å². The highest BCUT2D eigenvalue weighted by atomic mass is 32.1. The van der Waals surface area contributed by atoms with E-state index in [1.807, 2.05) is 37.3 Å². The molecule has 3 aromatic rings. The Hall–Kier alpha value is -3.04. The van der Waals surface area contributed by atoms with Crippen LogP contribution < -0.4 is 16.4 Å². The van der Waals surface area contributed by atoms with Crippen molar-refractivity contribution in [3.05, 3.63) is 63.5 Å². The van der Waals surface area contributed by atoms with Crippen LogP contribution in [0.5, 0.6) is 0 Å². The summed E-state index contributed by atoms with van der Waals surface area (Å²) in [5.74, 6) is -1.25. The molecular weight excluding hydrogens is 396 g/mol. The molecule has 4 N–H and O–H groups in total. The second-order valence-corrected chi connectivity index (χ2v) is 8.10. The Bertz CT molecular complexity index is 1010. The van der Waals surface area contributed by atoms with Crippen LogP contribution in [0.3, 0.4) is 0 Å². The average Bonchev–Trinajstić information content (AvgIpc) is 3.27. The lowest BCUT2D eigenvalue weighted by molar-refractivity contribution is -0.116. The molecule has 0 unspecified atom stereocenters. The first-order chi connectivity index (χ1) is 13.4. The zero-order valence-electron chi connectivity index (χ0n) is 15.0. The van der Waals surface area contributed by atoms with Crippen LogP contribution in [0.1, 0.15) is 37.7 Å². The van der Waals surface area contributed by atoms with Crippen LogP contribution in [0.25, 0.3) is 0 Å². The van der Waals surface area contributed by atoms with E-state index >= 15 is 0 Å². The summed E-state index contributed by atoms with van der Waals surface area (Å²) < 4.78 is 0. The van der Waals surface area contributed by atoms with E-state index in [1.165, 1.54) is 11.3 Å². The van der Waals surface area contributed by atoms with Gasteiger partial charge in [-0.15, -0.1) is 22.7 Å². The van der Waals surface area contributed by atoms with Crippen molar-refractivity contribution in [2.75, 3.05) is 10.6 Å². The van der Waals surface area contributed by atoms with Gasteiger partial charge >= 0.3 is 0 Å². The Kier molecular flexibility index (Phi) is 6.17. The maximum atomic E-state index is 12.4. The standard InChI is InChI=1S/C19H18N4O3S2/c1-11-9-13(16(20)25)18(28-11)23-17(26)14-10-27-19(21-14)22-15(24)8-7-12-5-3-2-4-6-12/h2-6,9-10H,7-8H2,1H3,(H2,20,25)(H,23,26)(H,21,22,24). The van der Waals surface area contributed by atoms with Gasteiger partial charge in [0.2, 0.25) is 5.91 Å². The molecule has 0 aliphatic heterocycles. The molecule has 2 aromatic heterocycles. The van der Waals surface area contributed by atoms with Gasteiger partial charge in [0.15, 0.2) is 5.13 Å². The second kappa shape index (κ2) is 8.77. The number of aryl methyl sites for hydroxylation is 2. The number of carbonyl (C=O) groups excluding carboxylic acids is 3. The van der Waals surface area contributed by atoms with Gasteiger partial charge in [0, 0.05) is 16.7 Å². The van der Waals surface area contributed by atoms with E-state index in [0.29, 0.717) is 23.0 Å².